The summed E-state index contributed by atoms with van der Waals surface area (Å²) in [6.45, 7) is 5.70. The maximum absolute atomic E-state index is 12.4. The largest absolute Gasteiger partial charge is 0.458 e. The van der Waals surface area contributed by atoms with Gasteiger partial charge in [-0.15, -0.1) is 0 Å². The number of carbonyl (C=O) groups excluding carboxylic acids is 2. The van der Waals surface area contributed by atoms with Gasteiger partial charge in [-0.3, -0.25) is 4.79 Å². The lowest BCUT2D eigenvalue weighted by molar-refractivity contribution is -0.138. The van der Waals surface area contributed by atoms with Gasteiger partial charge in [-0.1, -0.05) is 30.3 Å². The van der Waals surface area contributed by atoms with Gasteiger partial charge in [0.25, 0.3) is 5.91 Å². The molecule has 0 spiro atoms. The molecular formula is C26H27N3O3. The van der Waals surface area contributed by atoms with Crippen molar-refractivity contribution in [3.05, 3.63) is 88.8 Å². The van der Waals surface area contributed by atoms with Crippen molar-refractivity contribution in [3.8, 4) is 5.69 Å². The van der Waals surface area contributed by atoms with E-state index in [4.69, 9.17) is 4.74 Å². The van der Waals surface area contributed by atoms with Crippen molar-refractivity contribution < 1.29 is 14.3 Å². The number of aromatic nitrogens is 2. The van der Waals surface area contributed by atoms with Crippen LogP contribution >= 0.6 is 0 Å². The average Bonchev–Trinajstić information content (AvgIpc) is 3.45. The predicted octanol–water partition coefficient (Wildman–Crippen LogP) is 4.48. The second kappa shape index (κ2) is 9.64. The van der Waals surface area contributed by atoms with Gasteiger partial charge in [-0.05, 0) is 62.6 Å². The first-order valence-electron chi connectivity index (χ1n) is 10.9. The molecule has 4 rings (SSSR count). The van der Waals surface area contributed by atoms with Gasteiger partial charge in [0.15, 0.2) is 0 Å². The predicted molar refractivity (Wildman–Crippen MR) is 123 cm³/mol. The molecule has 6 heteroatoms. The molecule has 2 aromatic carbocycles. The van der Waals surface area contributed by atoms with Crippen molar-refractivity contribution in [3.63, 3.8) is 0 Å². The molecular weight excluding hydrogens is 402 g/mol. The number of hydrogen-bond acceptors (Lipinski definition) is 4. The maximum atomic E-state index is 12.4. The summed E-state index contributed by atoms with van der Waals surface area (Å²) in [5, 5.41) is 4.59. The zero-order chi connectivity index (χ0) is 22.5. The number of aryl methyl sites for hydroxylation is 1. The number of nitrogens with zero attached hydrogens (tertiary/aromatic N) is 3. The van der Waals surface area contributed by atoms with Crippen molar-refractivity contribution in [2.75, 3.05) is 13.1 Å². The van der Waals surface area contributed by atoms with E-state index in [9.17, 15) is 9.59 Å². The van der Waals surface area contributed by atoms with Gasteiger partial charge in [0.1, 0.15) is 6.61 Å². The third-order valence-corrected chi connectivity index (χ3v) is 5.71. The summed E-state index contributed by atoms with van der Waals surface area (Å²) in [5.74, 6) is -0.357. The van der Waals surface area contributed by atoms with Crippen LogP contribution in [0.25, 0.3) is 11.8 Å². The fourth-order valence-corrected chi connectivity index (χ4v) is 3.92. The van der Waals surface area contributed by atoms with Crippen molar-refractivity contribution in [1.82, 2.24) is 14.7 Å². The van der Waals surface area contributed by atoms with Crippen LogP contribution in [0.4, 0.5) is 0 Å². The minimum atomic E-state index is -0.423. The molecule has 1 fully saturated rings. The molecule has 0 radical (unpaired) electrons. The van der Waals surface area contributed by atoms with E-state index in [1.54, 1.807) is 18.2 Å². The Morgan fingerprint density at radius 1 is 1.00 bits per heavy atom. The number of rotatable bonds is 6. The molecule has 164 valence electrons. The van der Waals surface area contributed by atoms with E-state index in [1.165, 1.54) is 6.08 Å². The smallest absolute Gasteiger partial charge is 0.331 e. The number of likely N-dealkylation sites (tertiary alicyclic amines) is 1. The van der Waals surface area contributed by atoms with Crippen LogP contribution in [0, 0.1) is 13.8 Å². The van der Waals surface area contributed by atoms with Crippen molar-refractivity contribution >= 4 is 18.0 Å². The molecule has 0 bridgehead atoms. The van der Waals surface area contributed by atoms with Crippen LogP contribution in [0.15, 0.2) is 60.7 Å². The highest BCUT2D eigenvalue weighted by atomic mass is 16.5. The highest BCUT2D eigenvalue weighted by Crippen LogP contribution is 2.19. The summed E-state index contributed by atoms with van der Waals surface area (Å²) in [4.78, 5) is 26.5. The number of esters is 1. The number of carbonyl (C=O) groups is 2. The molecule has 32 heavy (non-hydrogen) atoms. The SMILES string of the molecule is Cc1nn(-c2ccccc2)c(C)c1/C=C/C(=O)OCc1ccc(C(=O)N2CCCC2)cc1. The first kappa shape index (κ1) is 21.6. The number of amides is 1. The fourth-order valence-electron chi connectivity index (χ4n) is 3.92. The summed E-state index contributed by atoms with van der Waals surface area (Å²) < 4.78 is 7.24. The fraction of sp³-hybridized carbons (Fsp3) is 0.269. The van der Waals surface area contributed by atoms with Crippen LogP contribution in [-0.2, 0) is 16.1 Å². The van der Waals surface area contributed by atoms with Gasteiger partial charge < -0.3 is 9.64 Å². The van der Waals surface area contributed by atoms with E-state index in [1.807, 2.05) is 65.9 Å². The van der Waals surface area contributed by atoms with Gasteiger partial charge in [0.2, 0.25) is 0 Å². The van der Waals surface area contributed by atoms with Crippen LogP contribution in [0.5, 0.6) is 0 Å². The van der Waals surface area contributed by atoms with E-state index in [0.29, 0.717) is 5.56 Å². The van der Waals surface area contributed by atoms with Crippen LogP contribution in [0.2, 0.25) is 0 Å². The minimum absolute atomic E-state index is 0.0655. The van der Waals surface area contributed by atoms with Crippen molar-refractivity contribution in [2.45, 2.75) is 33.3 Å². The third kappa shape index (κ3) is 4.80. The number of ether oxygens (including phenoxy) is 1. The standard InChI is InChI=1S/C26H27N3O3/c1-19-24(20(2)29(27-19)23-8-4-3-5-9-23)14-15-25(30)32-18-21-10-12-22(13-11-21)26(31)28-16-6-7-17-28/h3-5,8-15H,6-7,16-18H2,1-2H3/b15-14+. The topological polar surface area (TPSA) is 64.4 Å². The molecule has 2 heterocycles. The first-order chi connectivity index (χ1) is 15.5. The lowest BCUT2D eigenvalue weighted by Gasteiger charge is -2.15. The number of para-hydroxylation sites is 1. The second-order valence-electron chi connectivity index (χ2n) is 7.97. The van der Waals surface area contributed by atoms with Crippen molar-refractivity contribution in [2.24, 2.45) is 0 Å². The normalized spacial score (nSPS) is 13.6. The Labute approximate surface area is 188 Å². The maximum Gasteiger partial charge on any atom is 0.331 e. The Kier molecular flexibility index (Phi) is 6.50. The summed E-state index contributed by atoms with van der Waals surface area (Å²) >= 11 is 0. The van der Waals surface area contributed by atoms with Crippen LogP contribution in [-0.4, -0.2) is 39.6 Å². The first-order valence-corrected chi connectivity index (χ1v) is 10.9. The zero-order valence-corrected chi connectivity index (χ0v) is 18.5. The molecule has 1 aliphatic rings. The van der Waals surface area contributed by atoms with Gasteiger partial charge in [0, 0.05) is 36.0 Å². The van der Waals surface area contributed by atoms with Gasteiger partial charge in [0.05, 0.1) is 11.4 Å². The van der Waals surface area contributed by atoms with Gasteiger partial charge in [-0.25, -0.2) is 9.48 Å². The second-order valence-corrected chi connectivity index (χ2v) is 7.97. The van der Waals surface area contributed by atoms with E-state index < -0.39 is 5.97 Å². The Morgan fingerprint density at radius 2 is 1.69 bits per heavy atom. The quantitative estimate of drug-likeness (QED) is 0.428. The van der Waals surface area contributed by atoms with E-state index in [-0.39, 0.29) is 12.5 Å². The monoisotopic (exact) mass is 429 g/mol. The summed E-state index contributed by atoms with van der Waals surface area (Å²) in [5.41, 5.74) is 5.18. The molecule has 0 saturated carbocycles. The molecule has 0 unspecified atom stereocenters. The molecule has 0 aliphatic carbocycles. The highest BCUT2D eigenvalue weighted by molar-refractivity contribution is 5.94. The van der Waals surface area contributed by atoms with Gasteiger partial charge >= 0.3 is 5.97 Å². The molecule has 1 aliphatic heterocycles. The molecule has 0 N–H and O–H groups in total. The molecule has 1 amide bonds. The summed E-state index contributed by atoms with van der Waals surface area (Å²) in [7, 11) is 0. The number of hydrogen-bond donors (Lipinski definition) is 0. The lowest BCUT2D eigenvalue weighted by Crippen LogP contribution is -2.27. The van der Waals surface area contributed by atoms with E-state index in [0.717, 1.165) is 54.1 Å². The Balaban J connectivity index is 1.35. The molecule has 3 aromatic rings. The summed E-state index contributed by atoms with van der Waals surface area (Å²) in [6, 6.07) is 17.1. The third-order valence-electron chi connectivity index (χ3n) is 5.71. The van der Waals surface area contributed by atoms with E-state index in [2.05, 4.69) is 5.10 Å². The minimum Gasteiger partial charge on any atom is -0.458 e. The Hall–Kier alpha value is -3.67. The van der Waals surface area contributed by atoms with Gasteiger partial charge in [-0.2, -0.15) is 5.10 Å². The lowest BCUT2D eigenvalue weighted by atomic mass is 10.1. The Bertz CT molecular complexity index is 1130. The van der Waals surface area contributed by atoms with Crippen LogP contribution in [0.3, 0.4) is 0 Å². The zero-order valence-electron chi connectivity index (χ0n) is 18.5. The molecule has 1 saturated heterocycles. The Morgan fingerprint density at radius 3 is 2.38 bits per heavy atom. The summed E-state index contributed by atoms with van der Waals surface area (Å²) in [6.07, 6.45) is 5.31. The number of benzene rings is 2. The molecule has 0 atom stereocenters. The molecule has 1 aromatic heterocycles. The van der Waals surface area contributed by atoms with Crippen LogP contribution < -0.4 is 0 Å². The highest BCUT2D eigenvalue weighted by Gasteiger charge is 2.19. The average molecular weight is 430 g/mol. The molecule has 6 nitrogen and oxygen atoms in total. The van der Waals surface area contributed by atoms with Crippen LogP contribution in [0.1, 0.15) is 45.7 Å². The van der Waals surface area contributed by atoms with Crippen molar-refractivity contribution in [1.29, 1.82) is 0 Å². The van der Waals surface area contributed by atoms with E-state index >= 15 is 0 Å².